The van der Waals surface area contributed by atoms with E-state index >= 15 is 0 Å². The lowest BCUT2D eigenvalue weighted by atomic mass is 10.0. The molecular weight excluding hydrogens is 430 g/mol. The first-order chi connectivity index (χ1) is 13.7. The molecule has 0 fully saturated rings. The van der Waals surface area contributed by atoms with Gasteiger partial charge < -0.3 is 15.8 Å². The van der Waals surface area contributed by atoms with E-state index in [1.165, 1.54) is 18.3 Å². The van der Waals surface area contributed by atoms with E-state index in [0.29, 0.717) is 16.7 Å². The van der Waals surface area contributed by atoms with E-state index in [4.69, 9.17) is 33.7 Å². The first-order valence-electron chi connectivity index (χ1n) is 8.49. The molecule has 0 spiro atoms. The molecule has 3 aromatic rings. The summed E-state index contributed by atoms with van der Waals surface area (Å²) in [7, 11) is 0. The Kier molecular flexibility index (Phi) is 6.30. The highest BCUT2D eigenvalue weighted by Gasteiger charge is 2.36. The number of anilines is 1. The molecule has 0 saturated heterocycles. The number of alkyl halides is 3. The predicted octanol–water partition coefficient (Wildman–Crippen LogP) is 4.86. The van der Waals surface area contributed by atoms with E-state index in [1.807, 2.05) is 0 Å². The number of benzene rings is 1. The van der Waals surface area contributed by atoms with E-state index in [0.717, 1.165) is 6.07 Å². The molecule has 0 aliphatic rings. The van der Waals surface area contributed by atoms with Gasteiger partial charge in [0.25, 0.3) is 0 Å². The molecule has 3 rings (SSSR count). The summed E-state index contributed by atoms with van der Waals surface area (Å²) >= 11 is 11.9. The second-order valence-corrected chi connectivity index (χ2v) is 6.82. The molecule has 1 atom stereocenters. The van der Waals surface area contributed by atoms with Gasteiger partial charge >= 0.3 is 6.18 Å². The van der Waals surface area contributed by atoms with Gasteiger partial charge in [-0.25, -0.2) is 15.0 Å². The highest BCUT2D eigenvalue weighted by atomic mass is 35.5. The summed E-state index contributed by atoms with van der Waals surface area (Å²) in [5.41, 5.74) is 5.25. The van der Waals surface area contributed by atoms with Gasteiger partial charge in [-0.3, -0.25) is 0 Å². The number of pyridine rings is 1. The fraction of sp³-hybridized carbons (Fsp3) is 0.278. The van der Waals surface area contributed by atoms with Crippen LogP contribution in [0.15, 0.2) is 30.5 Å². The zero-order chi connectivity index (χ0) is 21.2. The maximum absolute atomic E-state index is 13.5. The van der Waals surface area contributed by atoms with Crippen molar-refractivity contribution in [3.8, 4) is 5.75 Å². The molecule has 0 radical (unpaired) electrons. The minimum absolute atomic E-state index is 0.0417. The van der Waals surface area contributed by atoms with Crippen LogP contribution in [0.2, 0.25) is 10.4 Å². The van der Waals surface area contributed by atoms with Gasteiger partial charge in [-0.2, -0.15) is 13.2 Å². The Morgan fingerprint density at radius 1 is 1.24 bits per heavy atom. The number of nitrogens with one attached hydrogen (secondary N) is 1. The van der Waals surface area contributed by atoms with Crippen molar-refractivity contribution in [2.45, 2.75) is 19.1 Å². The summed E-state index contributed by atoms with van der Waals surface area (Å²) in [4.78, 5) is 12.2. The van der Waals surface area contributed by atoms with Gasteiger partial charge in [0, 0.05) is 17.5 Å². The number of aromatic nitrogens is 3. The van der Waals surface area contributed by atoms with E-state index in [1.54, 1.807) is 13.0 Å². The zero-order valence-electron chi connectivity index (χ0n) is 15.1. The molecule has 0 bridgehead atoms. The van der Waals surface area contributed by atoms with E-state index in [-0.39, 0.29) is 34.9 Å². The molecule has 3 N–H and O–H groups in total. The average molecular weight is 446 g/mol. The van der Waals surface area contributed by atoms with Crippen LogP contribution < -0.4 is 15.8 Å². The molecule has 0 aliphatic carbocycles. The maximum atomic E-state index is 13.5. The Morgan fingerprint density at radius 2 is 2.00 bits per heavy atom. The van der Waals surface area contributed by atoms with Crippen molar-refractivity contribution in [3.63, 3.8) is 0 Å². The summed E-state index contributed by atoms with van der Waals surface area (Å²) in [6, 6.07) is 4.74. The molecule has 1 aromatic carbocycles. The largest absolute Gasteiger partial charge is 0.491 e. The maximum Gasteiger partial charge on any atom is 0.419 e. The second kappa shape index (κ2) is 8.56. The van der Waals surface area contributed by atoms with E-state index in [9.17, 15) is 13.2 Å². The first kappa shape index (κ1) is 21.4. The molecule has 0 saturated carbocycles. The number of para-hydroxylation sites is 1. The number of nitrogens with two attached hydrogens (primary N) is 1. The van der Waals surface area contributed by atoms with Crippen LogP contribution in [0.4, 0.5) is 19.0 Å². The van der Waals surface area contributed by atoms with Gasteiger partial charge in [0.2, 0.25) is 5.28 Å². The van der Waals surface area contributed by atoms with Crippen LogP contribution in [0.1, 0.15) is 24.1 Å². The first-order valence-corrected chi connectivity index (χ1v) is 9.24. The molecule has 0 unspecified atom stereocenters. The Labute approximate surface area is 174 Å². The standard InChI is InChI=1S/C18H16Cl2F3N5O/c1-9(10-3-2-4-12(18(21,22)23)15(10)29-6-5-24)26-16-11-7-14(19)25-8-13(11)27-17(20)28-16/h2-4,7-9H,5-6,24H2,1H3,(H,26,27,28)/t9-/m1/s1. The van der Waals surface area contributed by atoms with E-state index in [2.05, 4.69) is 20.3 Å². The third-order valence-electron chi connectivity index (χ3n) is 4.06. The molecule has 2 aromatic heterocycles. The van der Waals surface area contributed by atoms with Crippen LogP contribution in [0.25, 0.3) is 10.9 Å². The summed E-state index contributed by atoms with van der Waals surface area (Å²) < 4.78 is 45.7. The van der Waals surface area contributed by atoms with E-state index < -0.39 is 17.8 Å². The van der Waals surface area contributed by atoms with Gasteiger partial charge in [-0.1, -0.05) is 23.7 Å². The lowest BCUT2D eigenvalue weighted by Crippen LogP contribution is -2.18. The minimum atomic E-state index is -4.58. The molecule has 0 aliphatic heterocycles. The minimum Gasteiger partial charge on any atom is -0.491 e. The van der Waals surface area contributed by atoms with Crippen molar-refractivity contribution in [1.29, 1.82) is 0 Å². The van der Waals surface area contributed by atoms with Crippen molar-refractivity contribution in [2.75, 3.05) is 18.5 Å². The Balaban J connectivity index is 2.05. The SMILES string of the molecule is C[C@@H](Nc1nc(Cl)nc2cnc(Cl)cc12)c1cccc(C(F)(F)F)c1OCCN. The van der Waals surface area contributed by atoms with Gasteiger partial charge in [-0.15, -0.1) is 0 Å². The highest BCUT2D eigenvalue weighted by molar-refractivity contribution is 6.30. The molecule has 154 valence electrons. The van der Waals surface area contributed by atoms with Gasteiger partial charge in [0.15, 0.2) is 0 Å². The molecule has 6 nitrogen and oxygen atoms in total. The number of fused-ring (bicyclic) bond motifs is 1. The predicted molar refractivity (Wildman–Crippen MR) is 105 cm³/mol. The Hall–Kier alpha value is -2.36. The van der Waals surface area contributed by atoms with Gasteiger partial charge in [0.05, 0.1) is 23.3 Å². The van der Waals surface area contributed by atoms with Crippen molar-refractivity contribution in [3.05, 3.63) is 52.0 Å². The molecule has 2 heterocycles. The number of nitrogens with zero attached hydrogens (tertiary/aromatic N) is 3. The quantitative estimate of drug-likeness (QED) is 0.416. The number of rotatable bonds is 6. The third kappa shape index (κ3) is 4.80. The summed E-state index contributed by atoms with van der Waals surface area (Å²) in [6.07, 6.45) is -3.15. The topological polar surface area (TPSA) is 86.0 Å². The van der Waals surface area contributed by atoms with Gasteiger partial charge in [-0.05, 0) is 30.7 Å². The highest BCUT2D eigenvalue weighted by Crippen LogP contribution is 2.41. The molecule has 29 heavy (non-hydrogen) atoms. The van der Waals surface area contributed by atoms with Crippen LogP contribution in [0, 0.1) is 0 Å². The molecule has 11 heteroatoms. The summed E-state index contributed by atoms with van der Waals surface area (Å²) in [5, 5.41) is 3.76. The normalized spacial score (nSPS) is 12.8. The zero-order valence-corrected chi connectivity index (χ0v) is 16.6. The lowest BCUT2D eigenvalue weighted by molar-refractivity contribution is -0.139. The average Bonchev–Trinajstić information content (AvgIpc) is 2.65. The fourth-order valence-corrected chi connectivity index (χ4v) is 3.15. The molecule has 0 amide bonds. The fourth-order valence-electron chi connectivity index (χ4n) is 2.81. The Morgan fingerprint density at radius 3 is 2.69 bits per heavy atom. The number of hydrogen-bond donors (Lipinski definition) is 2. The van der Waals surface area contributed by atoms with Crippen LogP contribution in [0.5, 0.6) is 5.75 Å². The summed E-state index contributed by atoms with van der Waals surface area (Å²) in [6.45, 7) is 1.69. The van der Waals surface area contributed by atoms with Crippen molar-refractivity contribution in [1.82, 2.24) is 15.0 Å². The molecular formula is C18H16Cl2F3N5O. The van der Waals surface area contributed by atoms with Crippen molar-refractivity contribution in [2.24, 2.45) is 5.73 Å². The lowest BCUT2D eigenvalue weighted by Gasteiger charge is -2.22. The van der Waals surface area contributed by atoms with Crippen LogP contribution in [-0.4, -0.2) is 28.1 Å². The Bertz CT molecular complexity index is 1030. The second-order valence-electron chi connectivity index (χ2n) is 6.09. The smallest absolute Gasteiger partial charge is 0.419 e. The number of halogens is 5. The van der Waals surface area contributed by atoms with Crippen molar-refractivity contribution < 1.29 is 17.9 Å². The number of ether oxygens (including phenoxy) is 1. The van der Waals surface area contributed by atoms with Crippen LogP contribution >= 0.6 is 23.2 Å². The third-order valence-corrected chi connectivity index (χ3v) is 4.43. The van der Waals surface area contributed by atoms with Gasteiger partial charge in [0.1, 0.15) is 23.3 Å². The summed E-state index contributed by atoms with van der Waals surface area (Å²) in [5.74, 6) is 0.0218. The van der Waals surface area contributed by atoms with Crippen LogP contribution in [0.3, 0.4) is 0 Å². The van der Waals surface area contributed by atoms with Crippen molar-refractivity contribution >= 4 is 39.9 Å². The number of hydrogen-bond acceptors (Lipinski definition) is 6. The van der Waals surface area contributed by atoms with Crippen LogP contribution in [-0.2, 0) is 6.18 Å². The monoisotopic (exact) mass is 445 g/mol.